The maximum atomic E-state index is 12.4. The predicted molar refractivity (Wildman–Crippen MR) is 123 cm³/mol. The number of hydrogen-bond donors (Lipinski definition) is 1. The second-order valence-corrected chi connectivity index (χ2v) is 8.16. The highest BCUT2D eigenvalue weighted by molar-refractivity contribution is 6.21. The smallest absolute Gasteiger partial charge is 0.261 e. The van der Waals surface area contributed by atoms with Crippen molar-refractivity contribution in [3.05, 3.63) is 65.2 Å². The van der Waals surface area contributed by atoms with Crippen molar-refractivity contribution >= 4 is 23.4 Å². The van der Waals surface area contributed by atoms with Crippen LogP contribution in [-0.4, -0.2) is 48.7 Å². The normalized spacial score (nSPS) is 13.0. The van der Waals surface area contributed by atoms with Crippen LogP contribution in [0.5, 0.6) is 0 Å². The average molecular weight is 449 g/mol. The Labute approximate surface area is 192 Å². The number of anilines is 1. The number of rotatable bonds is 10. The molecule has 0 saturated carbocycles. The Morgan fingerprint density at radius 1 is 1.00 bits per heavy atom. The van der Waals surface area contributed by atoms with Crippen LogP contribution >= 0.6 is 0 Å². The van der Waals surface area contributed by atoms with E-state index in [-0.39, 0.29) is 17.7 Å². The van der Waals surface area contributed by atoms with Crippen molar-refractivity contribution in [2.24, 2.45) is 0 Å². The zero-order chi connectivity index (χ0) is 23.4. The van der Waals surface area contributed by atoms with E-state index in [0.29, 0.717) is 49.2 Å². The van der Waals surface area contributed by atoms with Gasteiger partial charge in [-0.1, -0.05) is 18.6 Å². The molecule has 1 aliphatic heterocycles. The summed E-state index contributed by atoms with van der Waals surface area (Å²) in [5.41, 5.74) is 3.80. The van der Waals surface area contributed by atoms with Gasteiger partial charge < -0.3 is 5.32 Å². The Morgan fingerprint density at radius 3 is 2.39 bits per heavy atom. The number of carbonyl (C=O) groups is 3. The van der Waals surface area contributed by atoms with Gasteiger partial charge in [0.2, 0.25) is 5.91 Å². The van der Waals surface area contributed by atoms with Gasteiger partial charge in [-0.25, -0.2) is 0 Å². The van der Waals surface area contributed by atoms with Crippen molar-refractivity contribution in [2.75, 3.05) is 11.9 Å². The lowest BCUT2D eigenvalue weighted by Gasteiger charge is -2.13. The average Bonchev–Trinajstić information content (AvgIpc) is 3.47. The lowest BCUT2D eigenvalue weighted by Crippen LogP contribution is -2.30. The first-order chi connectivity index (χ1) is 16.0. The van der Waals surface area contributed by atoms with E-state index in [2.05, 4.69) is 22.4 Å². The summed E-state index contributed by atoms with van der Waals surface area (Å²) in [6.07, 6.45) is 7.76. The van der Waals surface area contributed by atoms with E-state index in [1.54, 1.807) is 35.1 Å². The number of nitrogens with zero attached hydrogens (tertiary/aromatic N) is 5. The van der Waals surface area contributed by atoms with E-state index in [1.165, 1.54) is 4.90 Å². The number of benzene rings is 1. The van der Waals surface area contributed by atoms with Crippen LogP contribution in [0.1, 0.15) is 64.6 Å². The molecule has 0 radical (unpaired) electrons. The molecule has 4 rings (SSSR count). The second-order valence-electron chi connectivity index (χ2n) is 8.16. The van der Waals surface area contributed by atoms with Crippen LogP contribution in [0.25, 0.3) is 0 Å². The van der Waals surface area contributed by atoms with Crippen molar-refractivity contribution < 1.29 is 14.4 Å². The predicted octanol–water partition coefficient (Wildman–Crippen LogP) is 3.25. The molecule has 1 aliphatic rings. The van der Waals surface area contributed by atoms with Crippen LogP contribution in [-0.2, 0) is 17.9 Å². The number of amides is 3. The molecule has 0 saturated heterocycles. The SMILES string of the molecule is CCn1ncc(Cn2cc(NC(=O)CCCCCN3C(=O)c4ccccc4C3=O)cn2)c1C. The zero-order valence-corrected chi connectivity index (χ0v) is 19.0. The molecule has 0 aliphatic carbocycles. The highest BCUT2D eigenvalue weighted by Gasteiger charge is 2.34. The fraction of sp³-hybridized carbons (Fsp3) is 0.375. The maximum absolute atomic E-state index is 12.4. The summed E-state index contributed by atoms with van der Waals surface area (Å²) in [7, 11) is 0. The van der Waals surface area contributed by atoms with Crippen molar-refractivity contribution in [1.82, 2.24) is 24.5 Å². The molecule has 0 spiro atoms. The Hall–Kier alpha value is -3.75. The first-order valence-electron chi connectivity index (χ1n) is 11.3. The highest BCUT2D eigenvalue weighted by Crippen LogP contribution is 2.23. The van der Waals surface area contributed by atoms with Crippen molar-refractivity contribution in [3.8, 4) is 0 Å². The van der Waals surface area contributed by atoms with Gasteiger partial charge in [0.1, 0.15) is 0 Å². The van der Waals surface area contributed by atoms with Crippen LogP contribution in [0, 0.1) is 6.92 Å². The fourth-order valence-electron chi connectivity index (χ4n) is 4.05. The molecule has 33 heavy (non-hydrogen) atoms. The topological polar surface area (TPSA) is 102 Å². The largest absolute Gasteiger partial charge is 0.323 e. The van der Waals surface area contributed by atoms with Crippen molar-refractivity contribution in [1.29, 1.82) is 0 Å². The monoisotopic (exact) mass is 448 g/mol. The first-order valence-corrected chi connectivity index (χ1v) is 11.3. The third-order valence-corrected chi connectivity index (χ3v) is 5.92. The van der Waals surface area contributed by atoms with Crippen LogP contribution in [0.4, 0.5) is 5.69 Å². The van der Waals surface area contributed by atoms with Gasteiger partial charge in [0.15, 0.2) is 0 Å². The molecule has 172 valence electrons. The van der Waals surface area contributed by atoms with E-state index >= 15 is 0 Å². The minimum atomic E-state index is -0.234. The standard InChI is InChI=1S/C24H28N6O3/c1-3-30-17(2)18(13-26-30)15-28-16-19(14-25-28)27-22(31)11-5-4-8-12-29-23(32)20-9-6-7-10-21(20)24(29)33/h6-7,9-10,13-14,16H,3-5,8,11-12,15H2,1-2H3,(H,27,31). The lowest BCUT2D eigenvalue weighted by molar-refractivity contribution is -0.116. The number of aromatic nitrogens is 4. The number of imide groups is 1. The Balaban J connectivity index is 1.17. The summed E-state index contributed by atoms with van der Waals surface area (Å²) in [6.45, 7) is 5.88. The van der Waals surface area contributed by atoms with Gasteiger partial charge in [0.25, 0.3) is 11.8 Å². The Bertz CT molecular complexity index is 1140. The summed E-state index contributed by atoms with van der Waals surface area (Å²) in [4.78, 5) is 38.3. The number of aryl methyl sites for hydroxylation is 1. The minimum absolute atomic E-state index is 0.0785. The molecular formula is C24H28N6O3. The van der Waals surface area contributed by atoms with E-state index < -0.39 is 0 Å². The van der Waals surface area contributed by atoms with Gasteiger partial charge in [0.05, 0.1) is 35.8 Å². The molecule has 3 heterocycles. The van der Waals surface area contributed by atoms with Crippen LogP contribution < -0.4 is 5.32 Å². The molecule has 9 heteroatoms. The van der Waals surface area contributed by atoms with Crippen LogP contribution in [0.15, 0.2) is 42.9 Å². The highest BCUT2D eigenvalue weighted by atomic mass is 16.2. The number of nitrogens with one attached hydrogen (secondary N) is 1. The van der Waals surface area contributed by atoms with Crippen molar-refractivity contribution in [3.63, 3.8) is 0 Å². The maximum Gasteiger partial charge on any atom is 0.261 e. The quantitative estimate of drug-likeness (QED) is 0.379. The molecule has 2 aromatic heterocycles. The van der Waals surface area contributed by atoms with Gasteiger partial charge in [-0.05, 0) is 38.8 Å². The summed E-state index contributed by atoms with van der Waals surface area (Å²) >= 11 is 0. The molecule has 1 N–H and O–H groups in total. The van der Waals surface area contributed by atoms with Gasteiger partial charge >= 0.3 is 0 Å². The molecule has 0 bridgehead atoms. The second kappa shape index (κ2) is 9.81. The summed E-state index contributed by atoms with van der Waals surface area (Å²) in [5.74, 6) is -0.546. The van der Waals surface area contributed by atoms with Gasteiger partial charge in [-0.15, -0.1) is 0 Å². The van der Waals surface area contributed by atoms with E-state index in [9.17, 15) is 14.4 Å². The molecule has 0 fully saturated rings. The number of carbonyl (C=O) groups excluding carboxylic acids is 3. The Morgan fingerprint density at radius 2 is 1.73 bits per heavy atom. The number of hydrogen-bond acceptors (Lipinski definition) is 5. The van der Waals surface area contributed by atoms with Crippen LogP contribution in [0.3, 0.4) is 0 Å². The van der Waals surface area contributed by atoms with E-state index in [1.807, 2.05) is 24.0 Å². The number of unbranched alkanes of at least 4 members (excludes halogenated alkanes) is 2. The van der Waals surface area contributed by atoms with Gasteiger partial charge in [-0.3, -0.25) is 28.6 Å². The van der Waals surface area contributed by atoms with Gasteiger partial charge in [-0.2, -0.15) is 10.2 Å². The molecule has 1 aromatic carbocycles. The summed E-state index contributed by atoms with van der Waals surface area (Å²) in [6, 6.07) is 6.89. The minimum Gasteiger partial charge on any atom is -0.323 e. The zero-order valence-electron chi connectivity index (χ0n) is 19.0. The molecule has 3 amide bonds. The fourth-order valence-corrected chi connectivity index (χ4v) is 4.05. The molecule has 3 aromatic rings. The van der Waals surface area contributed by atoms with Gasteiger partial charge in [0, 0.05) is 37.0 Å². The third-order valence-electron chi connectivity index (χ3n) is 5.92. The van der Waals surface area contributed by atoms with E-state index in [4.69, 9.17) is 0 Å². The first kappa shape index (κ1) is 22.4. The van der Waals surface area contributed by atoms with Crippen molar-refractivity contribution in [2.45, 2.75) is 52.6 Å². The molecule has 9 nitrogen and oxygen atoms in total. The number of fused-ring (bicyclic) bond motifs is 1. The third kappa shape index (κ3) is 4.87. The Kier molecular flexibility index (Phi) is 6.67. The molecule has 0 unspecified atom stereocenters. The van der Waals surface area contributed by atoms with E-state index in [0.717, 1.165) is 24.2 Å². The molecular weight excluding hydrogens is 420 g/mol. The molecule has 0 atom stereocenters. The van der Waals surface area contributed by atoms with Crippen LogP contribution in [0.2, 0.25) is 0 Å². The summed E-state index contributed by atoms with van der Waals surface area (Å²) < 4.78 is 3.72. The lowest BCUT2D eigenvalue weighted by atomic mass is 10.1. The summed E-state index contributed by atoms with van der Waals surface area (Å²) in [5, 5.41) is 11.5.